The molecule has 2 amide bonds. The fraction of sp³-hybridized carbons (Fsp3) is 0.800. The van der Waals surface area contributed by atoms with Gasteiger partial charge in [0.2, 0.25) is 11.8 Å². The van der Waals surface area contributed by atoms with E-state index in [-0.39, 0.29) is 23.8 Å². The van der Waals surface area contributed by atoms with Crippen LogP contribution in [0.1, 0.15) is 20.3 Å². The molecule has 1 aliphatic rings. The minimum Gasteiger partial charge on any atom is -0.352 e. The molecule has 1 rings (SSSR count). The Hall–Kier alpha value is -0.770. The van der Waals surface area contributed by atoms with Crippen LogP contribution >= 0.6 is 11.6 Å². The average Bonchev–Trinajstić information content (AvgIpc) is 2.63. The van der Waals surface area contributed by atoms with Gasteiger partial charge in [0.1, 0.15) is 0 Å². The number of carbonyl (C=O) groups is 2. The van der Waals surface area contributed by atoms with Crippen LogP contribution in [0, 0.1) is 5.92 Å². The van der Waals surface area contributed by atoms with Crippen LogP contribution in [0.2, 0.25) is 0 Å². The average molecular weight is 233 g/mol. The molecule has 0 aromatic heterocycles. The second kappa shape index (κ2) is 5.35. The summed E-state index contributed by atoms with van der Waals surface area (Å²) < 4.78 is 0. The molecular formula is C10H17ClN2O2. The number of hydrogen-bond acceptors (Lipinski definition) is 2. The quantitative estimate of drug-likeness (QED) is 0.725. The molecule has 5 heteroatoms. The summed E-state index contributed by atoms with van der Waals surface area (Å²) >= 11 is 5.63. The van der Waals surface area contributed by atoms with Gasteiger partial charge in [-0.2, -0.15) is 0 Å². The summed E-state index contributed by atoms with van der Waals surface area (Å²) in [5, 5.41) is 2.82. The molecule has 2 unspecified atom stereocenters. The summed E-state index contributed by atoms with van der Waals surface area (Å²) in [4.78, 5) is 24.3. The maximum Gasteiger partial charge on any atom is 0.226 e. The molecule has 15 heavy (non-hydrogen) atoms. The highest BCUT2D eigenvalue weighted by Gasteiger charge is 2.28. The third kappa shape index (κ3) is 3.38. The lowest BCUT2D eigenvalue weighted by Crippen LogP contribution is -2.39. The predicted molar refractivity (Wildman–Crippen MR) is 58.7 cm³/mol. The number of nitrogens with zero attached hydrogens (tertiary/aromatic N) is 1. The second-order valence-corrected chi connectivity index (χ2v) is 4.33. The zero-order valence-electron chi connectivity index (χ0n) is 9.12. The molecule has 2 atom stereocenters. The van der Waals surface area contributed by atoms with Gasteiger partial charge in [-0.05, 0) is 6.42 Å². The van der Waals surface area contributed by atoms with Crippen LogP contribution in [0.25, 0.3) is 0 Å². The fourth-order valence-corrected chi connectivity index (χ4v) is 1.88. The Morgan fingerprint density at radius 3 is 2.80 bits per heavy atom. The zero-order valence-corrected chi connectivity index (χ0v) is 9.88. The summed E-state index contributed by atoms with van der Waals surface area (Å²) in [6, 6.07) is 0.106. The molecular weight excluding hydrogens is 216 g/mol. The van der Waals surface area contributed by atoms with Crippen molar-refractivity contribution in [1.82, 2.24) is 10.2 Å². The molecule has 1 N–H and O–H groups in total. The molecule has 1 aliphatic heterocycles. The highest BCUT2D eigenvalue weighted by Crippen LogP contribution is 2.13. The van der Waals surface area contributed by atoms with Gasteiger partial charge in [0.15, 0.2) is 0 Å². The molecule has 0 radical (unpaired) electrons. The van der Waals surface area contributed by atoms with Crippen LogP contribution in [0.3, 0.4) is 0 Å². The van der Waals surface area contributed by atoms with E-state index in [0.717, 1.165) is 6.42 Å². The SMILES string of the molecule is CC(=O)NC1CCN(C(=O)C(C)CCl)C1. The van der Waals surface area contributed by atoms with E-state index in [9.17, 15) is 9.59 Å². The van der Waals surface area contributed by atoms with E-state index in [1.54, 1.807) is 4.90 Å². The lowest BCUT2D eigenvalue weighted by Gasteiger charge is -2.19. The van der Waals surface area contributed by atoms with E-state index in [0.29, 0.717) is 19.0 Å². The number of carbonyl (C=O) groups excluding carboxylic acids is 2. The predicted octanol–water partition coefficient (Wildman–Crippen LogP) is 0.598. The molecule has 1 fully saturated rings. The van der Waals surface area contributed by atoms with Gasteiger partial charge in [-0.3, -0.25) is 9.59 Å². The Balaban J connectivity index is 2.42. The molecule has 1 heterocycles. The van der Waals surface area contributed by atoms with E-state index in [2.05, 4.69) is 5.32 Å². The van der Waals surface area contributed by atoms with Crippen molar-refractivity contribution in [3.05, 3.63) is 0 Å². The Labute approximate surface area is 95.0 Å². The van der Waals surface area contributed by atoms with E-state index in [1.165, 1.54) is 6.92 Å². The summed E-state index contributed by atoms with van der Waals surface area (Å²) in [5.41, 5.74) is 0. The molecule has 0 bridgehead atoms. The molecule has 0 saturated carbocycles. The number of hydrogen-bond donors (Lipinski definition) is 1. The minimum atomic E-state index is -0.136. The van der Waals surface area contributed by atoms with Crippen molar-refractivity contribution < 1.29 is 9.59 Å². The highest BCUT2D eigenvalue weighted by molar-refractivity contribution is 6.19. The molecule has 4 nitrogen and oxygen atoms in total. The Kier molecular flexibility index (Phi) is 4.39. The van der Waals surface area contributed by atoms with Crippen molar-refractivity contribution in [2.75, 3.05) is 19.0 Å². The highest BCUT2D eigenvalue weighted by atomic mass is 35.5. The number of alkyl halides is 1. The molecule has 0 aliphatic carbocycles. The van der Waals surface area contributed by atoms with Gasteiger partial charge in [-0.25, -0.2) is 0 Å². The zero-order chi connectivity index (χ0) is 11.4. The number of rotatable bonds is 3. The molecule has 1 saturated heterocycles. The standard InChI is InChI=1S/C10H17ClN2O2/c1-7(5-11)10(15)13-4-3-9(6-13)12-8(2)14/h7,9H,3-6H2,1-2H3,(H,12,14). The first-order valence-corrected chi connectivity index (χ1v) is 5.70. The second-order valence-electron chi connectivity index (χ2n) is 4.03. The van der Waals surface area contributed by atoms with Crippen molar-refractivity contribution in [1.29, 1.82) is 0 Å². The van der Waals surface area contributed by atoms with Crippen molar-refractivity contribution in [2.24, 2.45) is 5.92 Å². The van der Waals surface area contributed by atoms with Crippen molar-refractivity contribution in [3.63, 3.8) is 0 Å². The maximum atomic E-state index is 11.7. The minimum absolute atomic E-state index is 0.0420. The van der Waals surface area contributed by atoms with Gasteiger partial charge in [-0.1, -0.05) is 6.92 Å². The molecule has 86 valence electrons. The number of nitrogens with one attached hydrogen (secondary N) is 1. The monoisotopic (exact) mass is 232 g/mol. The summed E-state index contributed by atoms with van der Waals surface area (Å²) in [6.45, 7) is 4.64. The first-order valence-electron chi connectivity index (χ1n) is 5.16. The van der Waals surface area contributed by atoms with Crippen LogP contribution in [0.4, 0.5) is 0 Å². The fourth-order valence-electron chi connectivity index (χ4n) is 1.74. The number of likely N-dealkylation sites (tertiary alicyclic amines) is 1. The van der Waals surface area contributed by atoms with Gasteiger partial charge in [0.05, 0.1) is 0 Å². The van der Waals surface area contributed by atoms with Gasteiger partial charge in [0.25, 0.3) is 0 Å². The third-order valence-corrected chi connectivity index (χ3v) is 3.02. The van der Waals surface area contributed by atoms with Gasteiger partial charge in [-0.15, -0.1) is 11.6 Å². The van der Waals surface area contributed by atoms with Crippen molar-refractivity contribution in [2.45, 2.75) is 26.3 Å². The number of amides is 2. The summed E-state index contributed by atoms with van der Waals surface area (Å²) in [7, 11) is 0. The topological polar surface area (TPSA) is 49.4 Å². The normalized spacial score (nSPS) is 22.6. The molecule has 0 aromatic carbocycles. The third-order valence-electron chi connectivity index (χ3n) is 2.56. The first kappa shape index (κ1) is 12.3. The first-order chi connectivity index (χ1) is 7.04. The van der Waals surface area contributed by atoms with E-state index >= 15 is 0 Å². The maximum absolute atomic E-state index is 11.7. The van der Waals surface area contributed by atoms with Gasteiger partial charge in [0, 0.05) is 37.9 Å². The summed E-state index contributed by atoms with van der Waals surface area (Å²) in [6.07, 6.45) is 0.834. The lowest BCUT2D eigenvalue weighted by atomic mass is 10.2. The van der Waals surface area contributed by atoms with Crippen LogP contribution < -0.4 is 5.32 Å². The Morgan fingerprint density at radius 2 is 2.27 bits per heavy atom. The van der Waals surface area contributed by atoms with Crippen LogP contribution in [-0.4, -0.2) is 41.7 Å². The Bertz CT molecular complexity index is 258. The van der Waals surface area contributed by atoms with E-state index in [4.69, 9.17) is 11.6 Å². The van der Waals surface area contributed by atoms with E-state index < -0.39 is 0 Å². The van der Waals surface area contributed by atoms with Gasteiger partial charge >= 0.3 is 0 Å². The smallest absolute Gasteiger partial charge is 0.226 e. The summed E-state index contributed by atoms with van der Waals surface area (Å²) in [5.74, 6) is 0.250. The van der Waals surface area contributed by atoms with Crippen LogP contribution in [0.5, 0.6) is 0 Å². The van der Waals surface area contributed by atoms with Crippen molar-refractivity contribution >= 4 is 23.4 Å². The Morgan fingerprint density at radius 1 is 1.60 bits per heavy atom. The van der Waals surface area contributed by atoms with Crippen molar-refractivity contribution in [3.8, 4) is 0 Å². The molecule has 0 aromatic rings. The van der Waals surface area contributed by atoms with Crippen LogP contribution in [0.15, 0.2) is 0 Å². The largest absolute Gasteiger partial charge is 0.352 e. The van der Waals surface area contributed by atoms with Crippen LogP contribution in [-0.2, 0) is 9.59 Å². The van der Waals surface area contributed by atoms with E-state index in [1.807, 2.05) is 6.92 Å². The lowest BCUT2D eigenvalue weighted by molar-refractivity contribution is -0.133. The van der Waals surface area contributed by atoms with Gasteiger partial charge < -0.3 is 10.2 Å². The number of halogens is 1. The molecule has 0 spiro atoms.